The van der Waals surface area contributed by atoms with Crippen LogP contribution in [0.3, 0.4) is 0 Å². The molecule has 8 nitrogen and oxygen atoms in total. The van der Waals surface area contributed by atoms with E-state index in [-0.39, 0.29) is 48.3 Å². The molecule has 26 heavy (non-hydrogen) atoms. The smallest absolute Gasteiger partial charge is 0.289 e. The normalized spacial score (nSPS) is 19.5. The van der Waals surface area contributed by atoms with Crippen molar-refractivity contribution >= 4 is 33.9 Å². The highest BCUT2D eigenvalue weighted by atomic mass is 32.2. The van der Waals surface area contributed by atoms with Crippen molar-refractivity contribution in [3.8, 4) is 5.75 Å². The Labute approximate surface area is 154 Å². The minimum atomic E-state index is -0.868. The number of hydrogen-bond donors (Lipinski definition) is 2. The topological polar surface area (TPSA) is 105 Å². The first-order chi connectivity index (χ1) is 12.3. The zero-order chi connectivity index (χ0) is 18.8. The zero-order valence-electron chi connectivity index (χ0n) is 14.5. The fourth-order valence-corrected chi connectivity index (χ4v) is 3.40. The van der Waals surface area contributed by atoms with E-state index in [0.29, 0.717) is 23.1 Å². The molecule has 9 heteroatoms. The van der Waals surface area contributed by atoms with Crippen LogP contribution in [-0.2, 0) is 9.59 Å². The molecule has 1 aromatic carbocycles. The molecule has 0 saturated carbocycles. The summed E-state index contributed by atoms with van der Waals surface area (Å²) < 4.78 is 5.75. The summed E-state index contributed by atoms with van der Waals surface area (Å²) in [6, 6.07) is 3.50. The summed E-state index contributed by atoms with van der Waals surface area (Å²) in [5, 5.41) is 4.87. The number of thioether (sulfide) groups is 1. The molecule has 3 rings (SSSR count). The minimum absolute atomic E-state index is 0.0500. The fraction of sp³-hybridized carbons (Fsp3) is 0.412. The molecule has 0 radical (unpaired) electrons. The monoisotopic (exact) mass is 377 g/mol. The maximum absolute atomic E-state index is 12.4. The molecule has 2 aliphatic rings. The second kappa shape index (κ2) is 7.36. The van der Waals surface area contributed by atoms with Crippen molar-refractivity contribution in [1.82, 2.24) is 15.5 Å². The Balaban J connectivity index is 1.61. The van der Waals surface area contributed by atoms with E-state index in [9.17, 15) is 19.2 Å². The highest BCUT2D eigenvalue weighted by Crippen LogP contribution is 2.26. The van der Waals surface area contributed by atoms with Gasteiger partial charge in [0, 0.05) is 24.9 Å². The maximum Gasteiger partial charge on any atom is 0.289 e. The van der Waals surface area contributed by atoms with Gasteiger partial charge in [-0.3, -0.25) is 19.2 Å². The Morgan fingerprint density at radius 2 is 2.04 bits per heavy atom. The van der Waals surface area contributed by atoms with E-state index in [1.807, 2.05) is 13.8 Å². The van der Waals surface area contributed by atoms with Gasteiger partial charge in [0.2, 0.25) is 5.12 Å². The van der Waals surface area contributed by atoms with Crippen LogP contribution in [0.2, 0.25) is 0 Å². The molecule has 0 aromatic heterocycles. The lowest BCUT2D eigenvalue weighted by Crippen LogP contribution is -2.46. The van der Waals surface area contributed by atoms with E-state index in [2.05, 4.69) is 10.6 Å². The molecule has 0 bridgehead atoms. The summed E-state index contributed by atoms with van der Waals surface area (Å²) >= 11 is 0.676. The Morgan fingerprint density at radius 1 is 1.31 bits per heavy atom. The third-order valence-electron chi connectivity index (χ3n) is 4.31. The number of carbonyl (C=O) groups is 4. The predicted molar refractivity (Wildman–Crippen MR) is 95.2 cm³/mol. The van der Waals surface area contributed by atoms with Crippen LogP contribution in [0.25, 0.3) is 0 Å². The summed E-state index contributed by atoms with van der Waals surface area (Å²) in [6.07, 6.45) is -0.868. The standard InChI is InChI=1S/C17H19N3O5S/c1-9-5-11-12(6-10(9)2)25-13(7-19-15(11)22)16(23)18-3-4-20-8-14(21)26-17(20)24/h5-6,13H,3-4,7-8H2,1-2H3,(H,18,23)(H,19,22). The van der Waals surface area contributed by atoms with Crippen molar-refractivity contribution in [2.45, 2.75) is 20.0 Å². The SMILES string of the molecule is Cc1cc2c(cc1C)C(=O)NCC(C(=O)NCCN1CC(=O)SC1=O)O2. The molecule has 1 aromatic rings. The van der Waals surface area contributed by atoms with E-state index in [4.69, 9.17) is 4.74 Å². The first kappa shape index (κ1) is 18.2. The highest BCUT2D eigenvalue weighted by Gasteiger charge is 2.30. The number of amides is 3. The molecule has 2 aliphatic heterocycles. The number of nitrogens with zero attached hydrogens (tertiary/aromatic N) is 1. The maximum atomic E-state index is 12.4. The minimum Gasteiger partial charge on any atom is -0.478 e. The van der Waals surface area contributed by atoms with Gasteiger partial charge in [0.05, 0.1) is 18.7 Å². The lowest BCUT2D eigenvalue weighted by Gasteiger charge is -2.18. The molecule has 0 aliphatic carbocycles. The van der Waals surface area contributed by atoms with Gasteiger partial charge in [-0.25, -0.2) is 0 Å². The molecule has 1 atom stereocenters. The van der Waals surface area contributed by atoms with Crippen LogP contribution in [0.5, 0.6) is 5.75 Å². The summed E-state index contributed by atoms with van der Waals surface area (Å²) in [5.74, 6) is -0.293. The molecule has 2 N–H and O–H groups in total. The van der Waals surface area contributed by atoms with Gasteiger partial charge < -0.3 is 20.3 Å². The molecule has 1 unspecified atom stereocenters. The summed E-state index contributed by atoms with van der Waals surface area (Å²) in [5.41, 5.74) is 2.34. The van der Waals surface area contributed by atoms with Crippen LogP contribution in [0, 0.1) is 13.8 Å². The first-order valence-electron chi connectivity index (χ1n) is 8.18. The number of carbonyl (C=O) groups excluding carboxylic acids is 4. The third kappa shape index (κ3) is 3.82. The van der Waals surface area contributed by atoms with E-state index in [0.717, 1.165) is 11.1 Å². The number of benzene rings is 1. The molecule has 2 heterocycles. The summed E-state index contributed by atoms with van der Waals surface area (Å²) in [6.45, 7) is 4.36. The van der Waals surface area contributed by atoms with Crippen LogP contribution in [0.1, 0.15) is 21.5 Å². The number of hydrogen-bond acceptors (Lipinski definition) is 6. The van der Waals surface area contributed by atoms with Crippen molar-refractivity contribution in [3.05, 3.63) is 28.8 Å². The van der Waals surface area contributed by atoms with Gasteiger partial charge in [0.25, 0.3) is 17.1 Å². The van der Waals surface area contributed by atoms with Crippen molar-refractivity contribution in [1.29, 1.82) is 0 Å². The predicted octanol–water partition coefficient (Wildman–Crippen LogP) is 0.606. The van der Waals surface area contributed by atoms with Crippen LogP contribution >= 0.6 is 11.8 Å². The van der Waals surface area contributed by atoms with E-state index >= 15 is 0 Å². The number of rotatable bonds is 4. The molecule has 1 saturated heterocycles. The van der Waals surface area contributed by atoms with E-state index in [1.54, 1.807) is 12.1 Å². The van der Waals surface area contributed by atoms with Crippen molar-refractivity contribution in [3.63, 3.8) is 0 Å². The van der Waals surface area contributed by atoms with Crippen molar-refractivity contribution in [2.24, 2.45) is 0 Å². The van der Waals surface area contributed by atoms with Gasteiger partial charge in [0.15, 0.2) is 6.10 Å². The van der Waals surface area contributed by atoms with Gasteiger partial charge in [-0.2, -0.15) is 0 Å². The van der Waals surface area contributed by atoms with Gasteiger partial charge in [0.1, 0.15) is 5.75 Å². The Kier molecular flexibility index (Phi) is 5.17. The first-order valence-corrected chi connectivity index (χ1v) is 9.00. The van der Waals surface area contributed by atoms with Gasteiger partial charge >= 0.3 is 0 Å². The Hall–Kier alpha value is -2.55. The summed E-state index contributed by atoms with van der Waals surface area (Å²) in [7, 11) is 0. The number of nitrogens with one attached hydrogen (secondary N) is 2. The van der Waals surface area contributed by atoms with Crippen LogP contribution in [0.4, 0.5) is 4.79 Å². The molecule has 1 fully saturated rings. The van der Waals surface area contributed by atoms with Crippen molar-refractivity contribution < 1.29 is 23.9 Å². The number of ether oxygens (including phenoxy) is 1. The van der Waals surface area contributed by atoms with Crippen molar-refractivity contribution in [2.75, 3.05) is 26.2 Å². The summed E-state index contributed by atoms with van der Waals surface area (Å²) in [4.78, 5) is 48.7. The molecule has 138 valence electrons. The second-order valence-corrected chi connectivity index (χ2v) is 7.21. The zero-order valence-corrected chi connectivity index (χ0v) is 15.3. The van der Waals surface area contributed by atoms with Gasteiger partial charge in [-0.05, 0) is 37.1 Å². The second-order valence-electron chi connectivity index (χ2n) is 6.20. The third-order valence-corrected chi connectivity index (χ3v) is 5.10. The van der Waals surface area contributed by atoms with E-state index < -0.39 is 6.10 Å². The number of fused-ring (bicyclic) bond motifs is 1. The molecule has 3 amide bonds. The fourth-order valence-electron chi connectivity index (χ4n) is 2.70. The Bertz CT molecular complexity index is 795. The average molecular weight is 377 g/mol. The lowest BCUT2D eigenvalue weighted by molar-refractivity contribution is -0.127. The van der Waals surface area contributed by atoms with E-state index in [1.165, 1.54) is 4.90 Å². The largest absolute Gasteiger partial charge is 0.478 e. The van der Waals surface area contributed by atoms with Crippen LogP contribution < -0.4 is 15.4 Å². The quantitative estimate of drug-likeness (QED) is 0.796. The highest BCUT2D eigenvalue weighted by molar-refractivity contribution is 8.26. The Morgan fingerprint density at radius 3 is 2.73 bits per heavy atom. The van der Waals surface area contributed by atoms with Crippen LogP contribution in [0.15, 0.2) is 12.1 Å². The van der Waals surface area contributed by atoms with Gasteiger partial charge in [-0.1, -0.05) is 0 Å². The lowest BCUT2D eigenvalue weighted by atomic mass is 10.0. The molecular formula is C17H19N3O5S. The molecular weight excluding hydrogens is 358 g/mol. The number of aryl methyl sites for hydroxylation is 2. The van der Waals surface area contributed by atoms with Crippen LogP contribution in [-0.4, -0.2) is 59.4 Å². The average Bonchev–Trinajstić information content (AvgIpc) is 2.81. The molecule has 0 spiro atoms. The van der Waals surface area contributed by atoms with Gasteiger partial charge in [-0.15, -0.1) is 0 Å².